The third-order valence-electron chi connectivity index (χ3n) is 3.37. The molecule has 19 heavy (non-hydrogen) atoms. The van der Waals surface area contributed by atoms with Crippen LogP contribution < -0.4 is 5.73 Å². The van der Waals surface area contributed by atoms with Crippen LogP contribution in [0.2, 0.25) is 5.02 Å². The highest BCUT2D eigenvalue weighted by Gasteiger charge is 2.15. The maximum Gasteiger partial charge on any atom is 0.123 e. The topological polar surface area (TPSA) is 26.0 Å². The zero-order valence-corrected chi connectivity index (χ0v) is 12.1. The molecule has 0 aliphatic carbocycles. The van der Waals surface area contributed by atoms with Crippen molar-refractivity contribution in [2.24, 2.45) is 5.73 Å². The molecule has 2 aromatic rings. The van der Waals surface area contributed by atoms with E-state index in [9.17, 15) is 4.39 Å². The number of rotatable bonds is 2. The second-order valence-electron chi connectivity index (χ2n) is 5.00. The molecule has 0 heterocycles. The van der Waals surface area contributed by atoms with Gasteiger partial charge in [0.1, 0.15) is 5.82 Å². The summed E-state index contributed by atoms with van der Waals surface area (Å²) in [4.78, 5) is 0. The van der Waals surface area contributed by atoms with Crippen LogP contribution >= 0.6 is 11.6 Å². The quantitative estimate of drug-likeness (QED) is 0.862. The molecule has 0 saturated heterocycles. The van der Waals surface area contributed by atoms with Gasteiger partial charge in [-0.25, -0.2) is 4.39 Å². The van der Waals surface area contributed by atoms with Crippen molar-refractivity contribution < 1.29 is 4.39 Å². The van der Waals surface area contributed by atoms with Crippen molar-refractivity contribution in [3.8, 4) is 0 Å². The molecule has 0 spiro atoms. The molecule has 0 bridgehead atoms. The molecule has 0 aliphatic heterocycles. The van der Waals surface area contributed by atoms with E-state index < -0.39 is 6.04 Å². The molecular weight excluding hydrogens is 261 g/mol. The van der Waals surface area contributed by atoms with Gasteiger partial charge < -0.3 is 5.73 Å². The molecule has 0 amide bonds. The minimum absolute atomic E-state index is 0.273. The normalized spacial score (nSPS) is 12.5. The van der Waals surface area contributed by atoms with E-state index in [1.807, 2.05) is 39.0 Å². The molecule has 0 aromatic heterocycles. The standard InChI is InChI=1S/C16H17ClFN/c1-9-4-12(8-13(18)5-9)16(19)14-6-10(2)11(3)7-15(14)17/h4-8,16H,19H2,1-3H3. The lowest BCUT2D eigenvalue weighted by Gasteiger charge is -2.17. The minimum Gasteiger partial charge on any atom is -0.320 e. The van der Waals surface area contributed by atoms with Gasteiger partial charge in [0.25, 0.3) is 0 Å². The molecule has 0 aliphatic rings. The van der Waals surface area contributed by atoms with Gasteiger partial charge in [-0.3, -0.25) is 0 Å². The van der Waals surface area contributed by atoms with Gasteiger partial charge in [-0.1, -0.05) is 23.7 Å². The summed E-state index contributed by atoms with van der Waals surface area (Å²) >= 11 is 6.25. The van der Waals surface area contributed by atoms with Crippen molar-refractivity contribution in [1.29, 1.82) is 0 Å². The summed E-state index contributed by atoms with van der Waals surface area (Å²) in [5.74, 6) is -0.273. The number of hydrogen-bond acceptors (Lipinski definition) is 1. The van der Waals surface area contributed by atoms with E-state index in [0.29, 0.717) is 5.02 Å². The highest BCUT2D eigenvalue weighted by molar-refractivity contribution is 6.31. The van der Waals surface area contributed by atoms with Gasteiger partial charge in [0.2, 0.25) is 0 Å². The summed E-state index contributed by atoms with van der Waals surface area (Å²) in [7, 11) is 0. The van der Waals surface area contributed by atoms with Gasteiger partial charge in [-0.2, -0.15) is 0 Å². The van der Waals surface area contributed by atoms with E-state index in [2.05, 4.69) is 0 Å². The molecule has 1 unspecified atom stereocenters. The van der Waals surface area contributed by atoms with Crippen molar-refractivity contribution in [3.05, 3.63) is 69.0 Å². The Morgan fingerprint density at radius 2 is 1.63 bits per heavy atom. The number of benzene rings is 2. The Morgan fingerprint density at radius 3 is 2.26 bits per heavy atom. The van der Waals surface area contributed by atoms with Crippen molar-refractivity contribution in [2.75, 3.05) is 0 Å². The average molecular weight is 278 g/mol. The molecule has 2 aromatic carbocycles. The molecule has 2 N–H and O–H groups in total. The summed E-state index contributed by atoms with van der Waals surface area (Å²) in [5, 5.41) is 0.623. The molecule has 1 atom stereocenters. The van der Waals surface area contributed by atoms with Gasteiger partial charge in [-0.15, -0.1) is 0 Å². The Hall–Kier alpha value is -1.38. The van der Waals surface area contributed by atoms with Crippen molar-refractivity contribution >= 4 is 11.6 Å². The third-order valence-corrected chi connectivity index (χ3v) is 3.70. The van der Waals surface area contributed by atoms with Crippen LogP contribution in [0.15, 0.2) is 30.3 Å². The molecule has 0 radical (unpaired) electrons. The first-order valence-corrected chi connectivity index (χ1v) is 6.55. The Kier molecular flexibility index (Phi) is 3.93. The first-order valence-electron chi connectivity index (χ1n) is 6.18. The zero-order valence-electron chi connectivity index (χ0n) is 11.3. The second-order valence-corrected chi connectivity index (χ2v) is 5.40. The van der Waals surface area contributed by atoms with Crippen LogP contribution in [0.25, 0.3) is 0 Å². The summed E-state index contributed by atoms with van der Waals surface area (Å²) < 4.78 is 13.5. The lowest BCUT2D eigenvalue weighted by atomic mass is 9.95. The first-order chi connectivity index (χ1) is 8.88. The summed E-state index contributed by atoms with van der Waals surface area (Å²) in [6, 6.07) is 8.29. The predicted molar refractivity (Wildman–Crippen MR) is 78.1 cm³/mol. The number of hydrogen-bond donors (Lipinski definition) is 1. The van der Waals surface area contributed by atoms with Gasteiger partial charge in [0, 0.05) is 5.02 Å². The van der Waals surface area contributed by atoms with Crippen LogP contribution in [0, 0.1) is 26.6 Å². The van der Waals surface area contributed by atoms with Crippen LogP contribution in [0.5, 0.6) is 0 Å². The molecule has 100 valence electrons. The SMILES string of the molecule is Cc1cc(F)cc(C(N)c2cc(C)c(C)cc2Cl)c1. The molecular formula is C16H17ClFN. The van der Waals surface area contributed by atoms with Crippen molar-refractivity contribution in [2.45, 2.75) is 26.8 Å². The van der Waals surface area contributed by atoms with E-state index >= 15 is 0 Å². The Morgan fingerprint density at radius 1 is 1.00 bits per heavy atom. The number of halogens is 2. The van der Waals surface area contributed by atoms with Crippen LogP contribution in [0.3, 0.4) is 0 Å². The predicted octanol–water partition coefficient (Wildman–Crippen LogP) is 4.45. The summed E-state index contributed by atoms with van der Waals surface area (Å²) in [6.07, 6.45) is 0. The maximum absolute atomic E-state index is 13.5. The largest absolute Gasteiger partial charge is 0.320 e. The monoisotopic (exact) mass is 277 g/mol. The highest BCUT2D eigenvalue weighted by atomic mass is 35.5. The van der Waals surface area contributed by atoms with E-state index in [-0.39, 0.29) is 5.82 Å². The van der Waals surface area contributed by atoms with Gasteiger partial charge >= 0.3 is 0 Å². The molecule has 3 heteroatoms. The molecule has 2 rings (SSSR count). The van der Waals surface area contributed by atoms with Gasteiger partial charge in [0.05, 0.1) is 6.04 Å². The lowest BCUT2D eigenvalue weighted by molar-refractivity contribution is 0.622. The van der Waals surface area contributed by atoms with E-state index in [1.54, 1.807) is 0 Å². The summed E-state index contributed by atoms with van der Waals surface area (Å²) in [5.41, 5.74) is 10.9. The van der Waals surface area contributed by atoms with Gasteiger partial charge in [0.15, 0.2) is 0 Å². The Labute approximate surface area is 118 Å². The Balaban J connectivity index is 2.49. The smallest absolute Gasteiger partial charge is 0.123 e. The molecule has 0 fully saturated rings. The fraction of sp³-hybridized carbons (Fsp3) is 0.250. The van der Waals surface area contributed by atoms with Gasteiger partial charge in [-0.05, 0) is 66.8 Å². The fourth-order valence-corrected chi connectivity index (χ4v) is 2.50. The van der Waals surface area contributed by atoms with E-state index in [0.717, 1.165) is 27.8 Å². The van der Waals surface area contributed by atoms with Crippen LogP contribution in [-0.2, 0) is 0 Å². The molecule has 0 saturated carbocycles. The average Bonchev–Trinajstić information content (AvgIpc) is 2.31. The van der Waals surface area contributed by atoms with E-state index in [1.165, 1.54) is 12.1 Å². The fourth-order valence-electron chi connectivity index (χ4n) is 2.17. The van der Waals surface area contributed by atoms with Crippen LogP contribution in [-0.4, -0.2) is 0 Å². The highest BCUT2D eigenvalue weighted by Crippen LogP contribution is 2.29. The number of aryl methyl sites for hydroxylation is 3. The Bertz CT molecular complexity index is 602. The van der Waals surface area contributed by atoms with Crippen molar-refractivity contribution in [1.82, 2.24) is 0 Å². The second kappa shape index (κ2) is 5.32. The van der Waals surface area contributed by atoms with E-state index in [4.69, 9.17) is 17.3 Å². The lowest BCUT2D eigenvalue weighted by Crippen LogP contribution is -2.13. The number of nitrogens with two attached hydrogens (primary N) is 1. The minimum atomic E-state index is -0.416. The molecule has 1 nitrogen and oxygen atoms in total. The maximum atomic E-state index is 13.5. The summed E-state index contributed by atoms with van der Waals surface area (Å²) in [6.45, 7) is 5.86. The zero-order chi connectivity index (χ0) is 14.2. The van der Waals surface area contributed by atoms with Crippen LogP contribution in [0.1, 0.15) is 33.9 Å². The first kappa shape index (κ1) is 14.0. The van der Waals surface area contributed by atoms with Crippen LogP contribution in [0.4, 0.5) is 4.39 Å². The van der Waals surface area contributed by atoms with Crippen molar-refractivity contribution in [3.63, 3.8) is 0 Å². The third kappa shape index (κ3) is 2.96.